The molecule has 1 heterocycles. The normalized spacial score (nSPS) is 17.4. The lowest BCUT2D eigenvalue weighted by molar-refractivity contribution is 0.120. The molecule has 21 heavy (non-hydrogen) atoms. The van der Waals surface area contributed by atoms with Crippen LogP contribution in [0.3, 0.4) is 0 Å². The second-order valence-corrected chi connectivity index (χ2v) is 6.73. The van der Waals surface area contributed by atoms with Crippen LogP contribution >= 0.6 is 15.9 Å². The predicted molar refractivity (Wildman–Crippen MR) is 91.0 cm³/mol. The molecule has 0 atom stereocenters. The van der Waals surface area contributed by atoms with E-state index in [0.29, 0.717) is 0 Å². The van der Waals surface area contributed by atoms with Gasteiger partial charge in [-0.2, -0.15) is 0 Å². The summed E-state index contributed by atoms with van der Waals surface area (Å²) in [5, 5.41) is 0. The van der Waals surface area contributed by atoms with Crippen LogP contribution < -0.4 is 4.74 Å². The Kier molecular flexibility index (Phi) is 6.48. The van der Waals surface area contributed by atoms with Crippen molar-refractivity contribution in [2.75, 3.05) is 60.5 Å². The largest absolute Gasteiger partial charge is 0.497 e. The second kappa shape index (κ2) is 8.13. The zero-order chi connectivity index (χ0) is 15.2. The number of ether oxygens (including phenoxy) is 1. The maximum Gasteiger partial charge on any atom is 0.119 e. The quantitative estimate of drug-likeness (QED) is 0.777. The van der Waals surface area contributed by atoms with Crippen LogP contribution in [0.2, 0.25) is 0 Å². The molecule has 1 aliphatic rings. The Labute approximate surface area is 136 Å². The number of hydrogen-bond donors (Lipinski definition) is 0. The minimum atomic E-state index is 0.929. The third kappa shape index (κ3) is 5.25. The standard InChI is InChI=1S/C16H26BrN3O/c1-18(2)6-7-19-8-10-20(11-9-19)13-14-12-15(21-3)4-5-16(14)17/h4-5,12H,6-11,13H2,1-3H3. The highest BCUT2D eigenvalue weighted by Gasteiger charge is 2.17. The summed E-state index contributed by atoms with van der Waals surface area (Å²) in [4.78, 5) is 7.32. The molecule has 0 bridgehead atoms. The van der Waals surface area contributed by atoms with E-state index in [4.69, 9.17) is 4.74 Å². The van der Waals surface area contributed by atoms with Crippen LogP contribution in [-0.4, -0.2) is 75.2 Å². The van der Waals surface area contributed by atoms with E-state index in [0.717, 1.165) is 45.0 Å². The molecule has 0 amide bonds. The van der Waals surface area contributed by atoms with Crippen molar-refractivity contribution in [3.05, 3.63) is 28.2 Å². The molecule has 1 aromatic rings. The van der Waals surface area contributed by atoms with Gasteiger partial charge in [-0.15, -0.1) is 0 Å². The second-order valence-electron chi connectivity index (χ2n) is 5.88. The van der Waals surface area contributed by atoms with Gasteiger partial charge >= 0.3 is 0 Å². The summed E-state index contributed by atoms with van der Waals surface area (Å²) >= 11 is 3.64. The molecule has 5 heteroatoms. The van der Waals surface area contributed by atoms with Gasteiger partial charge in [-0.05, 0) is 37.9 Å². The lowest BCUT2D eigenvalue weighted by atomic mass is 10.2. The Morgan fingerprint density at radius 3 is 2.43 bits per heavy atom. The highest BCUT2D eigenvalue weighted by molar-refractivity contribution is 9.10. The zero-order valence-corrected chi connectivity index (χ0v) is 14.9. The van der Waals surface area contributed by atoms with Crippen LogP contribution in [0.25, 0.3) is 0 Å². The summed E-state index contributed by atoms with van der Waals surface area (Å²) in [6.07, 6.45) is 0. The first-order valence-electron chi connectivity index (χ1n) is 7.50. The van der Waals surface area contributed by atoms with Gasteiger partial charge in [0.1, 0.15) is 5.75 Å². The van der Waals surface area contributed by atoms with Crippen molar-refractivity contribution in [3.63, 3.8) is 0 Å². The predicted octanol–water partition coefficient (Wildman–Crippen LogP) is 2.14. The lowest BCUT2D eigenvalue weighted by Crippen LogP contribution is -2.47. The number of rotatable bonds is 6. The molecule has 1 aromatic carbocycles. The van der Waals surface area contributed by atoms with Gasteiger partial charge in [-0.1, -0.05) is 15.9 Å². The molecule has 2 rings (SSSR count). The van der Waals surface area contributed by atoms with Crippen LogP contribution in [0.15, 0.2) is 22.7 Å². The van der Waals surface area contributed by atoms with Crippen LogP contribution in [0, 0.1) is 0 Å². The highest BCUT2D eigenvalue weighted by atomic mass is 79.9. The molecule has 0 radical (unpaired) electrons. The number of hydrogen-bond acceptors (Lipinski definition) is 4. The first kappa shape index (κ1) is 16.7. The fraction of sp³-hybridized carbons (Fsp3) is 0.625. The van der Waals surface area contributed by atoms with E-state index in [1.165, 1.54) is 16.6 Å². The monoisotopic (exact) mass is 355 g/mol. The van der Waals surface area contributed by atoms with E-state index in [9.17, 15) is 0 Å². The molecular formula is C16H26BrN3O. The molecule has 0 unspecified atom stereocenters. The van der Waals surface area contributed by atoms with E-state index in [2.05, 4.69) is 56.9 Å². The molecular weight excluding hydrogens is 330 g/mol. The van der Waals surface area contributed by atoms with Crippen molar-refractivity contribution in [1.29, 1.82) is 0 Å². The third-order valence-corrected chi connectivity index (χ3v) is 4.75. The Morgan fingerprint density at radius 2 is 1.81 bits per heavy atom. The Morgan fingerprint density at radius 1 is 1.14 bits per heavy atom. The van der Waals surface area contributed by atoms with Crippen molar-refractivity contribution < 1.29 is 4.74 Å². The third-order valence-electron chi connectivity index (χ3n) is 3.98. The number of likely N-dealkylation sites (N-methyl/N-ethyl adjacent to an activating group) is 1. The van der Waals surface area contributed by atoms with Crippen molar-refractivity contribution >= 4 is 15.9 Å². The average Bonchev–Trinajstić information content (AvgIpc) is 2.48. The van der Waals surface area contributed by atoms with E-state index >= 15 is 0 Å². The summed E-state index contributed by atoms with van der Waals surface area (Å²) in [5.41, 5.74) is 1.30. The first-order chi connectivity index (χ1) is 10.1. The number of halogens is 1. The molecule has 0 saturated carbocycles. The van der Waals surface area contributed by atoms with Crippen LogP contribution in [0.1, 0.15) is 5.56 Å². The number of benzene rings is 1. The van der Waals surface area contributed by atoms with Gasteiger partial charge in [0, 0.05) is 50.3 Å². The summed E-state index contributed by atoms with van der Waals surface area (Å²) in [7, 11) is 5.99. The van der Waals surface area contributed by atoms with Crippen LogP contribution in [-0.2, 0) is 6.54 Å². The van der Waals surface area contributed by atoms with Gasteiger partial charge in [-0.25, -0.2) is 0 Å². The molecule has 1 fully saturated rings. The Bertz CT molecular complexity index is 445. The van der Waals surface area contributed by atoms with Gasteiger partial charge in [0.25, 0.3) is 0 Å². The molecule has 118 valence electrons. The topological polar surface area (TPSA) is 19.0 Å². The SMILES string of the molecule is COc1ccc(Br)c(CN2CCN(CCN(C)C)CC2)c1. The van der Waals surface area contributed by atoms with Crippen molar-refractivity contribution in [3.8, 4) is 5.75 Å². The van der Waals surface area contributed by atoms with E-state index in [1.807, 2.05) is 6.07 Å². The smallest absolute Gasteiger partial charge is 0.119 e. The summed E-state index contributed by atoms with van der Waals surface area (Å²) < 4.78 is 6.48. The van der Waals surface area contributed by atoms with Crippen LogP contribution in [0.4, 0.5) is 0 Å². The number of methoxy groups -OCH3 is 1. The summed E-state index contributed by atoms with van der Waals surface area (Å²) in [6, 6.07) is 6.19. The van der Waals surface area contributed by atoms with Crippen molar-refractivity contribution in [2.24, 2.45) is 0 Å². The van der Waals surface area contributed by atoms with E-state index in [1.54, 1.807) is 7.11 Å². The average molecular weight is 356 g/mol. The lowest BCUT2D eigenvalue weighted by Gasteiger charge is -2.35. The van der Waals surface area contributed by atoms with Gasteiger partial charge < -0.3 is 9.64 Å². The van der Waals surface area contributed by atoms with E-state index < -0.39 is 0 Å². The molecule has 0 aliphatic carbocycles. The Balaban J connectivity index is 1.83. The molecule has 0 N–H and O–H groups in total. The molecule has 0 aromatic heterocycles. The maximum atomic E-state index is 5.32. The minimum Gasteiger partial charge on any atom is -0.497 e. The first-order valence-corrected chi connectivity index (χ1v) is 8.29. The van der Waals surface area contributed by atoms with E-state index in [-0.39, 0.29) is 0 Å². The Hall–Kier alpha value is -0.620. The fourth-order valence-electron chi connectivity index (χ4n) is 2.55. The number of piperazine rings is 1. The number of nitrogens with zero attached hydrogens (tertiary/aromatic N) is 3. The van der Waals surface area contributed by atoms with Gasteiger partial charge in [-0.3, -0.25) is 9.80 Å². The maximum absolute atomic E-state index is 5.32. The van der Waals surface area contributed by atoms with Crippen molar-refractivity contribution in [2.45, 2.75) is 6.54 Å². The molecule has 4 nitrogen and oxygen atoms in total. The molecule has 1 saturated heterocycles. The van der Waals surface area contributed by atoms with Gasteiger partial charge in [0.05, 0.1) is 7.11 Å². The van der Waals surface area contributed by atoms with Crippen LogP contribution in [0.5, 0.6) is 5.75 Å². The molecule has 0 spiro atoms. The van der Waals surface area contributed by atoms with Gasteiger partial charge in [0.15, 0.2) is 0 Å². The van der Waals surface area contributed by atoms with Gasteiger partial charge in [0.2, 0.25) is 0 Å². The highest BCUT2D eigenvalue weighted by Crippen LogP contribution is 2.24. The summed E-state index contributed by atoms with van der Waals surface area (Å²) in [6.45, 7) is 7.89. The fourth-order valence-corrected chi connectivity index (χ4v) is 2.92. The zero-order valence-electron chi connectivity index (χ0n) is 13.3. The van der Waals surface area contributed by atoms with Crippen molar-refractivity contribution in [1.82, 2.24) is 14.7 Å². The minimum absolute atomic E-state index is 0.929. The summed E-state index contributed by atoms with van der Waals surface area (Å²) in [5.74, 6) is 0.929. The molecule has 1 aliphatic heterocycles.